The summed E-state index contributed by atoms with van der Waals surface area (Å²) in [5.41, 5.74) is 7.21. The van der Waals surface area contributed by atoms with Gasteiger partial charge in [0.1, 0.15) is 0 Å². The minimum absolute atomic E-state index is 0.0664. The largest absolute Gasteiger partial charge is 0.341 e. The maximum Gasteiger partial charge on any atom is 0.253 e. The molecule has 2 atom stereocenters. The molecule has 1 saturated heterocycles. The zero-order chi connectivity index (χ0) is 26.0. The molecule has 0 saturated carbocycles. The van der Waals surface area contributed by atoms with E-state index in [0.717, 1.165) is 44.5 Å². The fourth-order valence-electron chi connectivity index (χ4n) is 6.06. The molecule has 0 aliphatic carbocycles. The molecular weight excluding hydrogens is 476 g/mol. The standard InChI is InChI=1S/C32H38N2O2S/c1-24-13-14-27(21-25(24)2)28(22-33(3)31(35)26-9-5-4-6-10-26)15-18-34-19-16-32(17-20-34)30-12-8-7-11-29(30)23-37(32)36/h4-14,21,28H,15-20,22-23H2,1-3H3. The van der Waals surface area contributed by atoms with Crippen LogP contribution in [0.1, 0.15) is 63.4 Å². The van der Waals surface area contributed by atoms with Crippen molar-refractivity contribution in [2.45, 2.75) is 49.5 Å². The lowest BCUT2D eigenvalue weighted by Gasteiger charge is -2.39. The number of benzene rings is 3. The van der Waals surface area contributed by atoms with Crippen LogP contribution >= 0.6 is 0 Å². The quantitative estimate of drug-likeness (QED) is 0.400. The molecule has 194 valence electrons. The Balaban J connectivity index is 1.27. The lowest BCUT2D eigenvalue weighted by atomic mass is 9.86. The van der Waals surface area contributed by atoms with E-state index in [2.05, 4.69) is 61.2 Å². The number of hydrogen-bond donors (Lipinski definition) is 0. The topological polar surface area (TPSA) is 40.6 Å². The highest BCUT2D eigenvalue weighted by Gasteiger charge is 2.46. The first-order chi connectivity index (χ1) is 17.9. The summed E-state index contributed by atoms with van der Waals surface area (Å²) in [5, 5.41) is 0. The summed E-state index contributed by atoms with van der Waals surface area (Å²) in [6.45, 7) is 7.92. The van der Waals surface area contributed by atoms with Crippen molar-refractivity contribution < 1.29 is 9.00 Å². The molecule has 3 aromatic carbocycles. The van der Waals surface area contributed by atoms with Crippen molar-refractivity contribution in [1.29, 1.82) is 0 Å². The van der Waals surface area contributed by atoms with Gasteiger partial charge in [0.2, 0.25) is 0 Å². The first-order valence-corrected chi connectivity index (χ1v) is 14.8. The van der Waals surface area contributed by atoms with Crippen molar-refractivity contribution in [1.82, 2.24) is 9.80 Å². The number of likely N-dealkylation sites (N-methyl/N-ethyl adjacent to an activating group) is 1. The third kappa shape index (κ3) is 5.30. The molecule has 0 N–H and O–H groups in total. The molecule has 37 heavy (non-hydrogen) atoms. The first kappa shape index (κ1) is 25.9. The number of rotatable bonds is 7. The number of likely N-dealkylation sites (tertiary alicyclic amines) is 1. The molecule has 2 unspecified atom stereocenters. The number of carbonyl (C=O) groups excluding carboxylic acids is 1. The predicted molar refractivity (Wildman–Crippen MR) is 152 cm³/mol. The highest BCUT2D eigenvalue weighted by atomic mass is 32.2. The van der Waals surface area contributed by atoms with Gasteiger partial charge in [0, 0.05) is 41.6 Å². The Hall–Kier alpha value is -2.76. The van der Waals surface area contributed by atoms with E-state index in [1.807, 2.05) is 42.3 Å². The summed E-state index contributed by atoms with van der Waals surface area (Å²) in [6, 6.07) is 24.8. The summed E-state index contributed by atoms with van der Waals surface area (Å²) < 4.78 is 13.0. The Morgan fingerprint density at radius 1 is 0.973 bits per heavy atom. The van der Waals surface area contributed by atoms with Gasteiger partial charge >= 0.3 is 0 Å². The lowest BCUT2D eigenvalue weighted by Crippen LogP contribution is -2.44. The van der Waals surface area contributed by atoms with Gasteiger partial charge in [-0.15, -0.1) is 0 Å². The van der Waals surface area contributed by atoms with E-state index in [1.165, 1.54) is 27.8 Å². The van der Waals surface area contributed by atoms with Crippen LogP contribution in [-0.4, -0.2) is 53.1 Å². The smallest absolute Gasteiger partial charge is 0.253 e. The molecular formula is C32H38N2O2S. The van der Waals surface area contributed by atoms with Crippen LogP contribution < -0.4 is 0 Å². The number of nitrogens with zero attached hydrogens (tertiary/aromatic N) is 2. The molecule has 5 heteroatoms. The number of carbonyl (C=O) groups is 1. The van der Waals surface area contributed by atoms with E-state index < -0.39 is 10.8 Å². The van der Waals surface area contributed by atoms with Crippen molar-refractivity contribution in [3.05, 3.63) is 106 Å². The Labute approximate surface area is 224 Å². The molecule has 1 amide bonds. The molecule has 0 aromatic heterocycles. The van der Waals surface area contributed by atoms with E-state index >= 15 is 0 Å². The fraction of sp³-hybridized carbons (Fsp3) is 0.406. The molecule has 1 fully saturated rings. The number of hydrogen-bond acceptors (Lipinski definition) is 3. The molecule has 2 heterocycles. The van der Waals surface area contributed by atoms with Crippen LogP contribution in [0.5, 0.6) is 0 Å². The predicted octanol–water partition coefficient (Wildman–Crippen LogP) is 5.80. The maximum atomic E-state index is 13.2. The molecule has 0 radical (unpaired) electrons. The van der Waals surface area contributed by atoms with Crippen LogP contribution in [0.3, 0.4) is 0 Å². The van der Waals surface area contributed by atoms with Gasteiger partial charge in [-0.2, -0.15) is 0 Å². The second-order valence-corrected chi connectivity index (χ2v) is 12.6. The first-order valence-electron chi connectivity index (χ1n) is 13.4. The Kier molecular flexibility index (Phi) is 7.64. The van der Waals surface area contributed by atoms with Crippen LogP contribution in [0.4, 0.5) is 0 Å². The van der Waals surface area contributed by atoms with Gasteiger partial charge < -0.3 is 9.80 Å². The third-order valence-corrected chi connectivity index (χ3v) is 10.6. The minimum Gasteiger partial charge on any atom is -0.341 e. The van der Waals surface area contributed by atoms with Crippen molar-refractivity contribution >= 4 is 16.7 Å². The van der Waals surface area contributed by atoms with Gasteiger partial charge in [-0.05, 0) is 92.7 Å². The molecule has 4 nitrogen and oxygen atoms in total. The monoisotopic (exact) mass is 514 g/mol. The highest BCUT2D eigenvalue weighted by Crippen LogP contribution is 2.46. The second kappa shape index (κ2) is 10.9. The van der Waals surface area contributed by atoms with E-state index in [4.69, 9.17) is 0 Å². The van der Waals surface area contributed by atoms with Gasteiger partial charge in [-0.1, -0.05) is 60.7 Å². The average Bonchev–Trinajstić information content (AvgIpc) is 3.19. The summed E-state index contributed by atoms with van der Waals surface area (Å²) in [6.07, 6.45) is 2.90. The van der Waals surface area contributed by atoms with E-state index in [0.29, 0.717) is 12.3 Å². The van der Waals surface area contributed by atoms with E-state index in [-0.39, 0.29) is 16.6 Å². The summed E-state index contributed by atoms with van der Waals surface area (Å²) in [7, 11) is 1.09. The van der Waals surface area contributed by atoms with Crippen LogP contribution in [-0.2, 0) is 21.3 Å². The number of piperidine rings is 1. The maximum absolute atomic E-state index is 13.2. The van der Waals surface area contributed by atoms with Crippen molar-refractivity contribution in [2.75, 3.05) is 33.2 Å². The van der Waals surface area contributed by atoms with E-state index in [1.54, 1.807) is 0 Å². The summed E-state index contributed by atoms with van der Waals surface area (Å²) in [4.78, 5) is 17.5. The average molecular weight is 515 g/mol. The van der Waals surface area contributed by atoms with Crippen molar-refractivity contribution in [2.24, 2.45) is 0 Å². The van der Waals surface area contributed by atoms with Gasteiger partial charge in [0.05, 0.1) is 4.75 Å². The van der Waals surface area contributed by atoms with Crippen molar-refractivity contribution in [3.63, 3.8) is 0 Å². The Bertz CT molecular complexity index is 1280. The summed E-state index contributed by atoms with van der Waals surface area (Å²) >= 11 is 0. The van der Waals surface area contributed by atoms with Crippen LogP contribution in [0, 0.1) is 13.8 Å². The lowest BCUT2D eigenvalue weighted by molar-refractivity contribution is 0.0781. The Morgan fingerprint density at radius 2 is 1.68 bits per heavy atom. The van der Waals surface area contributed by atoms with E-state index in [9.17, 15) is 9.00 Å². The zero-order valence-corrected chi connectivity index (χ0v) is 23.1. The Morgan fingerprint density at radius 3 is 2.41 bits per heavy atom. The van der Waals surface area contributed by atoms with Crippen LogP contribution in [0.15, 0.2) is 72.8 Å². The van der Waals surface area contributed by atoms with Gasteiger partial charge in [-0.25, -0.2) is 0 Å². The van der Waals surface area contributed by atoms with Gasteiger partial charge in [0.25, 0.3) is 5.91 Å². The summed E-state index contributed by atoms with van der Waals surface area (Å²) in [5.74, 6) is 1.03. The second-order valence-electron chi connectivity index (χ2n) is 10.9. The van der Waals surface area contributed by atoms with Crippen molar-refractivity contribution in [3.8, 4) is 0 Å². The molecule has 3 aromatic rings. The molecule has 2 aliphatic rings. The number of fused-ring (bicyclic) bond motifs is 2. The number of amides is 1. The fourth-order valence-corrected chi connectivity index (χ4v) is 7.96. The molecule has 0 bridgehead atoms. The highest BCUT2D eigenvalue weighted by molar-refractivity contribution is 7.85. The SMILES string of the molecule is Cc1ccc(C(CCN2CCC3(CC2)c2ccccc2CS3=O)CN(C)C(=O)c2ccccc2)cc1C. The van der Waals surface area contributed by atoms with Gasteiger partial charge in [0.15, 0.2) is 0 Å². The third-order valence-electron chi connectivity index (χ3n) is 8.55. The molecule has 2 aliphatic heterocycles. The van der Waals surface area contributed by atoms with Crippen LogP contribution in [0.25, 0.3) is 0 Å². The number of aryl methyl sites for hydroxylation is 2. The molecule has 1 spiro atoms. The van der Waals surface area contributed by atoms with Gasteiger partial charge in [-0.3, -0.25) is 9.00 Å². The molecule has 5 rings (SSSR count). The minimum atomic E-state index is -0.829. The normalized spacial score (nSPS) is 19.5. The van der Waals surface area contributed by atoms with Crippen LogP contribution in [0.2, 0.25) is 0 Å². The zero-order valence-electron chi connectivity index (χ0n) is 22.3.